The Labute approximate surface area is 124 Å². The summed E-state index contributed by atoms with van der Waals surface area (Å²) in [6.07, 6.45) is 0.292. The molecule has 2 rings (SSSR count). The lowest BCUT2D eigenvalue weighted by atomic mass is 10.0. The van der Waals surface area contributed by atoms with Gasteiger partial charge in [0.2, 0.25) is 0 Å². The Kier molecular flexibility index (Phi) is 4.82. The van der Waals surface area contributed by atoms with Crippen LogP contribution in [0.25, 0.3) is 0 Å². The van der Waals surface area contributed by atoms with Crippen LogP contribution in [0.4, 0.5) is 0 Å². The van der Waals surface area contributed by atoms with E-state index in [1.807, 2.05) is 24.3 Å². The van der Waals surface area contributed by atoms with Crippen LogP contribution in [0.2, 0.25) is 0 Å². The van der Waals surface area contributed by atoms with Crippen LogP contribution in [-0.2, 0) is 6.42 Å². The SMILES string of the molecule is COc1cccc(CC(=O)c2ccc(OC)cc2OC)c1. The molecule has 0 aliphatic heterocycles. The molecule has 0 bridgehead atoms. The zero-order valence-electron chi connectivity index (χ0n) is 12.4. The normalized spacial score (nSPS) is 10.0. The summed E-state index contributed by atoms with van der Waals surface area (Å²) in [7, 11) is 4.72. The van der Waals surface area contributed by atoms with E-state index in [0.717, 1.165) is 11.3 Å². The molecule has 0 spiro atoms. The maximum atomic E-state index is 12.4. The number of hydrogen-bond donors (Lipinski definition) is 0. The molecule has 0 heterocycles. The fraction of sp³-hybridized carbons (Fsp3) is 0.235. The topological polar surface area (TPSA) is 44.8 Å². The first-order chi connectivity index (χ1) is 10.2. The van der Waals surface area contributed by atoms with E-state index >= 15 is 0 Å². The van der Waals surface area contributed by atoms with Crippen molar-refractivity contribution >= 4 is 5.78 Å². The molecular formula is C17H18O4. The maximum Gasteiger partial charge on any atom is 0.170 e. The quantitative estimate of drug-likeness (QED) is 0.765. The van der Waals surface area contributed by atoms with Gasteiger partial charge in [0, 0.05) is 12.5 Å². The molecule has 0 amide bonds. The molecule has 0 aliphatic carbocycles. The molecule has 0 saturated heterocycles. The van der Waals surface area contributed by atoms with Gasteiger partial charge in [0.25, 0.3) is 0 Å². The number of ether oxygens (including phenoxy) is 3. The third kappa shape index (κ3) is 3.54. The molecule has 0 fully saturated rings. The Balaban J connectivity index is 2.23. The van der Waals surface area contributed by atoms with Crippen molar-refractivity contribution in [3.8, 4) is 17.2 Å². The molecule has 0 radical (unpaired) electrons. The predicted octanol–water partition coefficient (Wildman–Crippen LogP) is 3.14. The van der Waals surface area contributed by atoms with Gasteiger partial charge in [-0.05, 0) is 29.8 Å². The van der Waals surface area contributed by atoms with E-state index in [2.05, 4.69) is 0 Å². The second-order valence-corrected chi connectivity index (χ2v) is 4.52. The average Bonchev–Trinajstić information content (AvgIpc) is 2.54. The average molecular weight is 286 g/mol. The Bertz CT molecular complexity index is 634. The summed E-state index contributed by atoms with van der Waals surface area (Å²) < 4.78 is 15.6. The molecule has 4 heteroatoms. The number of Topliss-reactive ketones (excluding diaryl/α,β-unsaturated/α-hetero) is 1. The van der Waals surface area contributed by atoms with E-state index < -0.39 is 0 Å². The van der Waals surface area contributed by atoms with Gasteiger partial charge >= 0.3 is 0 Å². The summed E-state index contributed by atoms with van der Waals surface area (Å²) in [5, 5.41) is 0. The number of ketones is 1. The Hall–Kier alpha value is -2.49. The van der Waals surface area contributed by atoms with E-state index in [4.69, 9.17) is 14.2 Å². The molecule has 0 aromatic heterocycles. The highest BCUT2D eigenvalue weighted by Gasteiger charge is 2.14. The fourth-order valence-corrected chi connectivity index (χ4v) is 2.09. The van der Waals surface area contributed by atoms with Gasteiger partial charge in [-0.15, -0.1) is 0 Å². The summed E-state index contributed by atoms with van der Waals surface area (Å²) in [6, 6.07) is 12.7. The first kappa shape index (κ1) is 14.9. The first-order valence-corrected chi connectivity index (χ1v) is 6.56. The van der Waals surface area contributed by atoms with Crippen molar-refractivity contribution in [1.82, 2.24) is 0 Å². The molecule has 4 nitrogen and oxygen atoms in total. The molecule has 110 valence electrons. The van der Waals surface area contributed by atoms with Crippen molar-refractivity contribution in [2.75, 3.05) is 21.3 Å². The van der Waals surface area contributed by atoms with Gasteiger partial charge in [0.15, 0.2) is 5.78 Å². The summed E-state index contributed by atoms with van der Waals surface area (Å²) >= 11 is 0. The van der Waals surface area contributed by atoms with Gasteiger partial charge in [-0.25, -0.2) is 0 Å². The highest BCUT2D eigenvalue weighted by atomic mass is 16.5. The Morgan fingerprint density at radius 3 is 2.29 bits per heavy atom. The Morgan fingerprint density at radius 2 is 1.62 bits per heavy atom. The standard InChI is InChI=1S/C17H18O4/c1-19-13-6-4-5-12(9-13)10-16(18)15-8-7-14(20-2)11-17(15)21-3/h4-9,11H,10H2,1-3H3. The predicted molar refractivity (Wildman–Crippen MR) is 80.6 cm³/mol. The molecule has 21 heavy (non-hydrogen) atoms. The molecule has 0 N–H and O–H groups in total. The third-order valence-corrected chi connectivity index (χ3v) is 3.21. The van der Waals surface area contributed by atoms with Gasteiger partial charge in [-0.3, -0.25) is 4.79 Å². The van der Waals surface area contributed by atoms with Crippen LogP contribution in [0.5, 0.6) is 17.2 Å². The van der Waals surface area contributed by atoms with Crippen LogP contribution in [-0.4, -0.2) is 27.1 Å². The zero-order chi connectivity index (χ0) is 15.2. The molecular weight excluding hydrogens is 268 g/mol. The summed E-state index contributed by atoms with van der Waals surface area (Å²) in [6.45, 7) is 0. The third-order valence-electron chi connectivity index (χ3n) is 3.21. The number of benzene rings is 2. The second kappa shape index (κ2) is 6.79. The van der Waals surface area contributed by atoms with E-state index in [-0.39, 0.29) is 5.78 Å². The monoisotopic (exact) mass is 286 g/mol. The minimum Gasteiger partial charge on any atom is -0.497 e. The lowest BCUT2D eigenvalue weighted by Gasteiger charge is -2.10. The molecule has 0 aliphatic rings. The number of rotatable bonds is 6. The van der Waals surface area contributed by atoms with Gasteiger partial charge in [-0.2, -0.15) is 0 Å². The molecule has 0 unspecified atom stereocenters. The lowest BCUT2D eigenvalue weighted by Crippen LogP contribution is -2.06. The van der Waals surface area contributed by atoms with Crippen molar-refractivity contribution < 1.29 is 19.0 Å². The zero-order valence-corrected chi connectivity index (χ0v) is 12.4. The summed E-state index contributed by atoms with van der Waals surface area (Å²) in [5.41, 5.74) is 1.44. The van der Waals surface area contributed by atoms with Gasteiger partial charge in [0.1, 0.15) is 17.2 Å². The van der Waals surface area contributed by atoms with Crippen LogP contribution in [0, 0.1) is 0 Å². The smallest absolute Gasteiger partial charge is 0.170 e. The Morgan fingerprint density at radius 1 is 0.905 bits per heavy atom. The number of carbonyl (C=O) groups is 1. The van der Waals surface area contributed by atoms with Gasteiger partial charge < -0.3 is 14.2 Å². The number of carbonyl (C=O) groups excluding carboxylic acids is 1. The van der Waals surface area contributed by atoms with Crippen LogP contribution in [0.15, 0.2) is 42.5 Å². The highest BCUT2D eigenvalue weighted by Crippen LogP contribution is 2.26. The van der Waals surface area contributed by atoms with E-state index in [0.29, 0.717) is 23.5 Å². The van der Waals surface area contributed by atoms with E-state index in [1.165, 1.54) is 7.11 Å². The number of hydrogen-bond acceptors (Lipinski definition) is 4. The number of methoxy groups -OCH3 is 3. The summed E-state index contributed by atoms with van der Waals surface area (Å²) in [5.74, 6) is 1.90. The molecule has 0 atom stereocenters. The lowest BCUT2D eigenvalue weighted by molar-refractivity contribution is 0.0990. The van der Waals surface area contributed by atoms with Crippen LogP contribution >= 0.6 is 0 Å². The van der Waals surface area contributed by atoms with Crippen molar-refractivity contribution in [3.63, 3.8) is 0 Å². The van der Waals surface area contributed by atoms with Crippen LogP contribution in [0.1, 0.15) is 15.9 Å². The van der Waals surface area contributed by atoms with E-state index in [1.54, 1.807) is 32.4 Å². The van der Waals surface area contributed by atoms with Crippen LogP contribution in [0.3, 0.4) is 0 Å². The largest absolute Gasteiger partial charge is 0.497 e. The minimum atomic E-state index is -0.0113. The van der Waals surface area contributed by atoms with E-state index in [9.17, 15) is 4.79 Å². The second-order valence-electron chi connectivity index (χ2n) is 4.52. The van der Waals surface area contributed by atoms with Crippen molar-refractivity contribution in [1.29, 1.82) is 0 Å². The van der Waals surface area contributed by atoms with Crippen LogP contribution < -0.4 is 14.2 Å². The molecule has 2 aromatic rings. The van der Waals surface area contributed by atoms with Crippen molar-refractivity contribution in [3.05, 3.63) is 53.6 Å². The molecule has 2 aromatic carbocycles. The minimum absolute atomic E-state index is 0.0113. The first-order valence-electron chi connectivity index (χ1n) is 6.56. The van der Waals surface area contributed by atoms with Gasteiger partial charge in [0.05, 0.1) is 26.9 Å². The highest BCUT2D eigenvalue weighted by molar-refractivity contribution is 6.00. The maximum absolute atomic E-state index is 12.4. The van der Waals surface area contributed by atoms with Gasteiger partial charge in [-0.1, -0.05) is 12.1 Å². The fourth-order valence-electron chi connectivity index (χ4n) is 2.09. The molecule has 0 saturated carbocycles. The summed E-state index contributed by atoms with van der Waals surface area (Å²) in [4.78, 5) is 12.4. The van der Waals surface area contributed by atoms with Crippen molar-refractivity contribution in [2.45, 2.75) is 6.42 Å². The van der Waals surface area contributed by atoms with Crippen molar-refractivity contribution in [2.24, 2.45) is 0 Å².